The summed E-state index contributed by atoms with van der Waals surface area (Å²) >= 11 is 5.06. The predicted molar refractivity (Wildman–Crippen MR) is 87.6 cm³/mol. The van der Waals surface area contributed by atoms with Crippen LogP contribution in [-0.4, -0.2) is 40.9 Å². The minimum absolute atomic E-state index is 0.124. The van der Waals surface area contributed by atoms with Crippen LogP contribution >= 0.6 is 27.3 Å². The zero-order valence-corrected chi connectivity index (χ0v) is 15.0. The van der Waals surface area contributed by atoms with E-state index in [1.807, 2.05) is 32.2 Å². The number of rotatable bonds is 3. The average molecular weight is 376 g/mol. The van der Waals surface area contributed by atoms with Crippen molar-refractivity contribution in [1.82, 2.24) is 4.90 Å². The van der Waals surface area contributed by atoms with Crippen molar-refractivity contribution in [3.8, 4) is 0 Å². The molecule has 21 heavy (non-hydrogen) atoms. The number of aliphatic hydroxyl groups excluding tert-OH is 1. The van der Waals surface area contributed by atoms with Crippen LogP contribution in [0.15, 0.2) is 15.9 Å². The first-order chi connectivity index (χ1) is 9.74. The van der Waals surface area contributed by atoms with Crippen molar-refractivity contribution in [1.29, 1.82) is 0 Å². The minimum Gasteiger partial charge on any atom is -0.444 e. The molecule has 2 atom stereocenters. The van der Waals surface area contributed by atoms with E-state index in [0.717, 1.165) is 15.8 Å². The number of halogens is 1. The summed E-state index contributed by atoms with van der Waals surface area (Å²) in [5, 5.41) is 12.4. The Labute approximate surface area is 138 Å². The van der Waals surface area contributed by atoms with E-state index in [2.05, 4.69) is 15.9 Å². The molecule has 1 amide bonds. The van der Waals surface area contributed by atoms with E-state index < -0.39 is 11.7 Å². The molecule has 1 saturated heterocycles. The van der Waals surface area contributed by atoms with Gasteiger partial charge in [-0.15, -0.1) is 11.3 Å². The Bertz CT molecular complexity index is 497. The number of hydrogen-bond donors (Lipinski definition) is 1. The van der Waals surface area contributed by atoms with Gasteiger partial charge in [0.1, 0.15) is 5.60 Å². The standard InChI is InChI=1S/C15H22BrNO3S/c1-15(2,3)20-14(19)17-5-4-10(8-17)13(18)7-12-6-11(16)9-21-12/h6,9-10,13,18H,4-5,7-8H2,1-3H3. The van der Waals surface area contributed by atoms with Gasteiger partial charge in [-0.05, 0) is 49.2 Å². The van der Waals surface area contributed by atoms with Crippen molar-refractivity contribution in [2.45, 2.75) is 45.3 Å². The second-order valence-corrected chi connectivity index (χ2v) is 8.39. The normalized spacial score (nSPS) is 20.6. The number of carbonyl (C=O) groups is 1. The van der Waals surface area contributed by atoms with Crippen molar-refractivity contribution in [2.24, 2.45) is 5.92 Å². The molecular formula is C15H22BrNO3S. The third-order valence-electron chi connectivity index (χ3n) is 3.45. The maximum atomic E-state index is 12.0. The molecule has 1 N–H and O–H groups in total. The molecule has 1 aromatic rings. The highest BCUT2D eigenvalue weighted by Crippen LogP contribution is 2.27. The van der Waals surface area contributed by atoms with Crippen LogP contribution in [0, 0.1) is 5.92 Å². The topological polar surface area (TPSA) is 49.8 Å². The molecule has 2 unspecified atom stereocenters. The van der Waals surface area contributed by atoms with E-state index in [4.69, 9.17) is 4.74 Å². The molecule has 0 saturated carbocycles. The Hall–Kier alpha value is -0.590. The average Bonchev–Trinajstić information content (AvgIpc) is 2.96. The van der Waals surface area contributed by atoms with Crippen LogP contribution in [0.3, 0.4) is 0 Å². The van der Waals surface area contributed by atoms with Crippen molar-refractivity contribution in [2.75, 3.05) is 13.1 Å². The second kappa shape index (κ2) is 6.67. The van der Waals surface area contributed by atoms with Crippen molar-refractivity contribution in [3.63, 3.8) is 0 Å². The Balaban J connectivity index is 1.85. The lowest BCUT2D eigenvalue weighted by Crippen LogP contribution is -2.36. The highest BCUT2D eigenvalue weighted by atomic mass is 79.9. The molecular weight excluding hydrogens is 354 g/mol. The van der Waals surface area contributed by atoms with E-state index >= 15 is 0 Å². The molecule has 0 aliphatic carbocycles. The Morgan fingerprint density at radius 3 is 2.90 bits per heavy atom. The van der Waals surface area contributed by atoms with Gasteiger partial charge in [0.05, 0.1) is 6.10 Å². The van der Waals surface area contributed by atoms with Crippen molar-refractivity contribution in [3.05, 3.63) is 20.8 Å². The third kappa shape index (κ3) is 4.97. The van der Waals surface area contributed by atoms with E-state index in [1.54, 1.807) is 16.2 Å². The number of thiophene rings is 1. The third-order valence-corrected chi connectivity index (χ3v) is 5.17. The quantitative estimate of drug-likeness (QED) is 0.876. The molecule has 0 spiro atoms. The van der Waals surface area contributed by atoms with E-state index in [0.29, 0.717) is 19.5 Å². The number of aliphatic hydroxyl groups is 1. The highest BCUT2D eigenvalue weighted by molar-refractivity contribution is 9.10. The molecule has 0 radical (unpaired) electrons. The summed E-state index contributed by atoms with van der Waals surface area (Å²) in [5.74, 6) is 0.124. The van der Waals surface area contributed by atoms with Crippen LogP contribution in [-0.2, 0) is 11.2 Å². The first kappa shape index (κ1) is 16.8. The SMILES string of the molecule is CC(C)(C)OC(=O)N1CCC(C(O)Cc2cc(Br)cs2)C1. The molecule has 6 heteroatoms. The van der Waals surface area contributed by atoms with Crippen LogP contribution in [0.25, 0.3) is 0 Å². The molecule has 4 nitrogen and oxygen atoms in total. The van der Waals surface area contributed by atoms with Crippen LogP contribution in [0.1, 0.15) is 32.1 Å². The summed E-state index contributed by atoms with van der Waals surface area (Å²) in [7, 11) is 0. The summed E-state index contributed by atoms with van der Waals surface area (Å²) in [6.07, 6.45) is 0.773. The van der Waals surface area contributed by atoms with Gasteiger partial charge in [0.2, 0.25) is 0 Å². The molecule has 0 aromatic carbocycles. The van der Waals surface area contributed by atoms with Gasteiger partial charge in [-0.3, -0.25) is 0 Å². The lowest BCUT2D eigenvalue weighted by atomic mass is 9.98. The lowest BCUT2D eigenvalue weighted by Gasteiger charge is -2.25. The minimum atomic E-state index is -0.475. The van der Waals surface area contributed by atoms with E-state index in [-0.39, 0.29) is 12.0 Å². The van der Waals surface area contributed by atoms with Crippen molar-refractivity contribution >= 4 is 33.4 Å². The van der Waals surface area contributed by atoms with Crippen LogP contribution in [0.2, 0.25) is 0 Å². The van der Waals surface area contributed by atoms with Gasteiger partial charge in [0.25, 0.3) is 0 Å². The van der Waals surface area contributed by atoms with Crippen molar-refractivity contribution < 1.29 is 14.6 Å². The molecule has 1 aliphatic heterocycles. The second-order valence-electron chi connectivity index (χ2n) is 6.48. The summed E-state index contributed by atoms with van der Waals surface area (Å²) in [4.78, 5) is 14.9. The smallest absolute Gasteiger partial charge is 0.410 e. The van der Waals surface area contributed by atoms with Gasteiger partial charge >= 0.3 is 6.09 Å². The summed E-state index contributed by atoms with van der Waals surface area (Å²) in [5.41, 5.74) is -0.475. The fourth-order valence-electron chi connectivity index (χ4n) is 2.43. The number of likely N-dealkylation sites (tertiary alicyclic amines) is 1. The zero-order valence-electron chi connectivity index (χ0n) is 12.6. The van der Waals surface area contributed by atoms with Gasteiger partial charge < -0.3 is 14.7 Å². The molecule has 0 bridgehead atoms. The van der Waals surface area contributed by atoms with Gasteiger partial charge in [-0.25, -0.2) is 4.79 Å². The van der Waals surface area contributed by atoms with Crippen LogP contribution in [0.5, 0.6) is 0 Å². The molecule has 2 heterocycles. The molecule has 1 aliphatic rings. The van der Waals surface area contributed by atoms with Crippen LogP contribution in [0.4, 0.5) is 4.79 Å². The molecule has 118 valence electrons. The number of carbonyl (C=O) groups excluding carboxylic acids is 1. The first-order valence-corrected chi connectivity index (χ1v) is 8.81. The fourth-order valence-corrected chi connectivity index (χ4v) is 3.93. The summed E-state index contributed by atoms with van der Waals surface area (Å²) in [6, 6.07) is 2.04. The van der Waals surface area contributed by atoms with Gasteiger partial charge in [0.15, 0.2) is 0 Å². The Kier molecular flexibility index (Phi) is 5.33. The number of nitrogens with zero attached hydrogens (tertiary/aromatic N) is 1. The van der Waals surface area contributed by atoms with E-state index in [1.165, 1.54) is 0 Å². The summed E-state index contributed by atoms with van der Waals surface area (Å²) < 4.78 is 6.42. The maximum Gasteiger partial charge on any atom is 0.410 e. The first-order valence-electron chi connectivity index (χ1n) is 7.13. The van der Waals surface area contributed by atoms with Crippen LogP contribution < -0.4 is 0 Å². The molecule has 2 rings (SSSR count). The van der Waals surface area contributed by atoms with E-state index in [9.17, 15) is 9.90 Å². The number of ether oxygens (including phenoxy) is 1. The zero-order chi connectivity index (χ0) is 15.6. The number of amides is 1. The Morgan fingerprint density at radius 2 is 2.33 bits per heavy atom. The van der Waals surface area contributed by atoms with Gasteiger partial charge in [-0.1, -0.05) is 0 Å². The maximum absolute atomic E-state index is 12.0. The fraction of sp³-hybridized carbons (Fsp3) is 0.667. The summed E-state index contributed by atoms with van der Waals surface area (Å²) in [6.45, 7) is 6.82. The molecule has 1 aromatic heterocycles. The van der Waals surface area contributed by atoms with Gasteiger partial charge in [-0.2, -0.15) is 0 Å². The Morgan fingerprint density at radius 1 is 1.62 bits per heavy atom. The predicted octanol–water partition coefficient (Wildman–Crippen LogP) is 3.67. The molecule has 1 fully saturated rings. The lowest BCUT2D eigenvalue weighted by molar-refractivity contribution is 0.0269. The van der Waals surface area contributed by atoms with Gasteiger partial charge in [0, 0.05) is 40.2 Å². The monoisotopic (exact) mass is 375 g/mol. The highest BCUT2D eigenvalue weighted by Gasteiger charge is 2.33. The number of hydrogen-bond acceptors (Lipinski definition) is 4. The largest absolute Gasteiger partial charge is 0.444 e.